The highest BCUT2D eigenvalue weighted by Gasteiger charge is 2.33. The fourth-order valence-electron chi connectivity index (χ4n) is 3.84. The van der Waals surface area contributed by atoms with E-state index in [1.54, 1.807) is 0 Å². The second-order valence-electron chi connectivity index (χ2n) is 11.4. The van der Waals surface area contributed by atoms with Gasteiger partial charge in [0.15, 0.2) is 0 Å². The average molecular weight is 763 g/mol. The summed E-state index contributed by atoms with van der Waals surface area (Å²) in [5.74, 6) is -15.9. The maximum atomic E-state index is 12.9. The molecule has 0 heterocycles. The molecule has 7 amide bonds. The molecule has 0 rings (SSSR count). The topological polar surface area (TPSA) is 416 Å². The molecule has 25 nitrogen and oxygen atoms in total. The third-order valence-electron chi connectivity index (χ3n) is 6.75. The molecule has 0 aromatic carbocycles. The molecule has 0 radical (unpaired) electrons. The van der Waals surface area contributed by atoms with Crippen LogP contribution >= 0.6 is 0 Å². The number of nitrogens with one attached hydrogen (secondary N) is 7. The van der Waals surface area contributed by atoms with Crippen molar-refractivity contribution in [3.8, 4) is 0 Å². The average Bonchev–Trinajstić information content (AvgIpc) is 3.02. The van der Waals surface area contributed by atoms with Gasteiger partial charge in [-0.3, -0.25) is 57.5 Å². The number of carboxylic acid groups (broad SMARTS) is 5. The highest BCUT2D eigenvalue weighted by Crippen LogP contribution is 2.02. The number of rotatable bonds is 23. The Kier molecular flexibility index (Phi) is 19.1. The van der Waals surface area contributed by atoms with E-state index in [9.17, 15) is 67.7 Å². The first-order valence-corrected chi connectivity index (χ1v) is 15.3. The van der Waals surface area contributed by atoms with Gasteiger partial charge < -0.3 is 68.5 Å². The molecule has 0 spiro atoms. The van der Waals surface area contributed by atoms with Crippen molar-refractivity contribution in [2.75, 3.05) is 0 Å². The quantitative estimate of drug-likeness (QED) is 0.0460. The summed E-state index contributed by atoms with van der Waals surface area (Å²) < 4.78 is 0. The van der Waals surface area contributed by atoms with Crippen LogP contribution in [0.2, 0.25) is 0 Å². The van der Waals surface area contributed by atoms with Crippen LogP contribution in [0.15, 0.2) is 0 Å². The van der Waals surface area contributed by atoms with E-state index < -0.39 is 145 Å². The molecule has 0 bridgehead atoms. The Morgan fingerprint density at radius 1 is 0.377 bits per heavy atom. The zero-order valence-electron chi connectivity index (χ0n) is 28.7. The van der Waals surface area contributed by atoms with E-state index in [-0.39, 0.29) is 0 Å². The SMILES string of the molecule is CC(NC(=O)C(CC(=O)O)NC(=O)C(C)NC(=O)C(CC(=O)O)NC(=O)C(C)NC(=O)C(CC(=O)O)NC(=O)C(C)NC(=O)C(N)CC(=O)O)C(=O)O. The highest BCUT2D eigenvalue weighted by molar-refractivity contribution is 5.99. The van der Waals surface area contributed by atoms with Crippen molar-refractivity contribution in [2.45, 2.75) is 102 Å². The number of hydrogen-bond acceptors (Lipinski definition) is 13. The molecule has 0 saturated heterocycles. The Labute approximate surface area is 299 Å². The zero-order valence-corrected chi connectivity index (χ0v) is 28.7. The van der Waals surface area contributed by atoms with Gasteiger partial charge in [0.05, 0.1) is 31.7 Å². The summed E-state index contributed by atoms with van der Waals surface area (Å²) in [5.41, 5.74) is 5.42. The maximum Gasteiger partial charge on any atom is 0.325 e. The number of hydrogen-bond donors (Lipinski definition) is 13. The number of amides is 7. The van der Waals surface area contributed by atoms with Gasteiger partial charge in [-0.15, -0.1) is 0 Å². The molecule has 296 valence electrons. The van der Waals surface area contributed by atoms with Crippen LogP contribution in [0, 0.1) is 0 Å². The van der Waals surface area contributed by atoms with Crippen LogP contribution in [0.3, 0.4) is 0 Å². The number of aliphatic carboxylic acids is 5. The molecule has 8 unspecified atom stereocenters. The lowest BCUT2D eigenvalue weighted by Crippen LogP contribution is -2.59. The predicted molar refractivity (Wildman–Crippen MR) is 171 cm³/mol. The molecular weight excluding hydrogens is 720 g/mol. The summed E-state index contributed by atoms with van der Waals surface area (Å²) in [6.07, 6.45) is -3.90. The first kappa shape index (κ1) is 46.6. The second kappa shape index (κ2) is 21.7. The molecule has 0 fully saturated rings. The van der Waals surface area contributed by atoms with Gasteiger partial charge in [-0.05, 0) is 27.7 Å². The second-order valence-corrected chi connectivity index (χ2v) is 11.4. The van der Waals surface area contributed by atoms with E-state index in [2.05, 4.69) is 16.0 Å². The largest absolute Gasteiger partial charge is 0.481 e. The molecule has 14 N–H and O–H groups in total. The van der Waals surface area contributed by atoms with Crippen molar-refractivity contribution >= 4 is 71.2 Å². The lowest BCUT2D eigenvalue weighted by molar-refractivity contribution is -0.143. The minimum Gasteiger partial charge on any atom is -0.481 e. The molecule has 0 aromatic heterocycles. The maximum absolute atomic E-state index is 12.9. The van der Waals surface area contributed by atoms with E-state index in [0.717, 1.165) is 27.7 Å². The molecule has 0 aliphatic carbocycles. The monoisotopic (exact) mass is 762 g/mol. The third kappa shape index (κ3) is 17.9. The van der Waals surface area contributed by atoms with Crippen LogP contribution in [0.5, 0.6) is 0 Å². The van der Waals surface area contributed by atoms with Gasteiger partial charge in [0.25, 0.3) is 0 Å². The van der Waals surface area contributed by atoms with Crippen molar-refractivity contribution in [2.24, 2.45) is 5.73 Å². The molecule has 0 aliphatic heterocycles. The Hall–Kier alpha value is -6.40. The number of carbonyl (C=O) groups is 12. The standard InChI is InChI=1S/C28H42N8O17/c1-9(30-24(48)13(29)5-17(37)38)21(45)34-14(6-18(39)40)25(49)31-10(2)22(46)35-15(7-19(41)42)26(50)32-11(3)23(47)36-16(8-20(43)44)27(51)33-12(4)28(52)53/h9-16H,5-8,29H2,1-4H3,(H,30,48)(H,31,49)(H,32,50)(H,33,51)(H,34,45)(H,35,46)(H,36,47)(H,37,38)(H,39,40)(H,41,42)(H,43,44)(H,52,53). The van der Waals surface area contributed by atoms with E-state index >= 15 is 0 Å². The third-order valence-corrected chi connectivity index (χ3v) is 6.75. The number of nitrogens with two attached hydrogens (primary N) is 1. The fourth-order valence-corrected chi connectivity index (χ4v) is 3.84. The van der Waals surface area contributed by atoms with Crippen molar-refractivity contribution in [1.82, 2.24) is 37.2 Å². The molecule has 0 aromatic rings. The summed E-state index contributed by atoms with van der Waals surface area (Å²) in [4.78, 5) is 144. The first-order chi connectivity index (χ1) is 24.3. The molecule has 0 saturated carbocycles. The van der Waals surface area contributed by atoms with Crippen molar-refractivity contribution in [3.63, 3.8) is 0 Å². The molecule has 53 heavy (non-hydrogen) atoms. The normalized spacial score (nSPS) is 15.1. The molecule has 8 atom stereocenters. The summed E-state index contributed by atoms with van der Waals surface area (Å²) in [7, 11) is 0. The summed E-state index contributed by atoms with van der Waals surface area (Å²) in [6, 6.07) is -13.3. The Morgan fingerprint density at radius 2 is 0.623 bits per heavy atom. The van der Waals surface area contributed by atoms with Gasteiger partial charge in [0.2, 0.25) is 41.4 Å². The van der Waals surface area contributed by atoms with Gasteiger partial charge in [0, 0.05) is 0 Å². The van der Waals surface area contributed by atoms with Crippen LogP contribution in [0.25, 0.3) is 0 Å². The smallest absolute Gasteiger partial charge is 0.325 e. The Balaban J connectivity index is 5.66. The Morgan fingerprint density at radius 3 is 0.868 bits per heavy atom. The van der Waals surface area contributed by atoms with Crippen LogP contribution < -0.4 is 43.0 Å². The minimum absolute atomic E-state index is 0.778. The molecular formula is C28H42N8O17. The number of carbonyl (C=O) groups excluding carboxylic acids is 7. The van der Waals surface area contributed by atoms with Crippen molar-refractivity contribution in [3.05, 3.63) is 0 Å². The fraction of sp³-hybridized carbons (Fsp3) is 0.571. The van der Waals surface area contributed by atoms with E-state index in [1.807, 2.05) is 21.3 Å². The Bertz CT molecular complexity index is 1470. The lowest BCUT2D eigenvalue weighted by atomic mass is 10.1. The van der Waals surface area contributed by atoms with Gasteiger partial charge in [-0.1, -0.05) is 0 Å². The van der Waals surface area contributed by atoms with Crippen LogP contribution in [-0.2, 0) is 57.5 Å². The minimum atomic E-state index is -1.92. The summed E-state index contributed by atoms with van der Waals surface area (Å²) in [5, 5.41) is 59.6. The van der Waals surface area contributed by atoms with E-state index in [4.69, 9.17) is 21.1 Å². The number of carboxylic acids is 5. The first-order valence-electron chi connectivity index (χ1n) is 15.3. The van der Waals surface area contributed by atoms with Crippen molar-refractivity contribution < 1.29 is 83.1 Å². The molecule has 0 aliphatic rings. The summed E-state index contributed by atoms with van der Waals surface area (Å²) in [6.45, 7) is 4.25. The van der Waals surface area contributed by atoms with Crippen molar-refractivity contribution in [1.29, 1.82) is 0 Å². The van der Waals surface area contributed by atoms with Gasteiger partial charge in [0.1, 0.15) is 42.3 Å². The van der Waals surface area contributed by atoms with Gasteiger partial charge >= 0.3 is 29.8 Å². The zero-order chi connectivity index (χ0) is 41.3. The van der Waals surface area contributed by atoms with Crippen LogP contribution in [0.4, 0.5) is 0 Å². The van der Waals surface area contributed by atoms with Crippen LogP contribution in [0.1, 0.15) is 53.4 Å². The summed E-state index contributed by atoms with van der Waals surface area (Å²) >= 11 is 0. The van der Waals surface area contributed by atoms with E-state index in [1.165, 1.54) is 0 Å². The van der Waals surface area contributed by atoms with Crippen LogP contribution in [-0.4, -0.2) is 145 Å². The predicted octanol–water partition coefficient (Wildman–Crippen LogP) is -6.23. The van der Waals surface area contributed by atoms with Gasteiger partial charge in [-0.25, -0.2) is 0 Å². The highest BCUT2D eigenvalue weighted by atomic mass is 16.4. The molecule has 25 heteroatoms. The van der Waals surface area contributed by atoms with Gasteiger partial charge in [-0.2, -0.15) is 0 Å². The lowest BCUT2D eigenvalue weighted by Gasteiger charge is -2.25. The van der Waals surface area contributed by atoms with E-state index in [0.29, 0.717) is 0 Å².